The minimum Gasteiger partial charge on any atom is -0.481 e. The van der Waals surface area contributed by atoms with E-state index in [0.29, 0.717) is 5.92 Å². The van der Waals surface area contributed by atoms with Crippen LogP contribution in [0.25, 0.3) is 0 Å². The maximum absolute atomic E-state index is 10.8. The molecule has 3 nitrogen and oxygen atoms in total. The zero-order chi connectivity index (χ0) is 13.1. The van der Waals surface area contributed by atoms with Crippen LogP contribution < -0.4 is 0 Å². The van der Waals surface area contributed by atoms with E-state index in [-0.39, 0.29) is 6.42 Å². The van der Waals surface area contributed by atoms with E-state index in [1.165, 1.54) is 37.1 Å². The predicted octanol–water partition coefficient (Wildman–Crippen LogP) is 3.76. The summed E-state index contributed by atoms with van der Waals surface area (Å²) in [6, 6.07) is 0. The number of hydrogen-bond donors (Lipinski definition) is 1. The Kier molecular flexibility index (Phi) is 4.38. The van der Waals surface area contributed by atoms with Crippen molar-refractivity contribution in [3.63, 3.8) is 0 Å². The number of carbonyl (C=O) groups is 1. The normalized spacial score (nSPS) is 24.1. The van der Waals surface area contributed by atoms with Crippen LogP contribution in [0.4, 0.5) is 0 Å². The van der Waals surface area contributed by atoms with Gasteiger partial charge in [-0.05, 0) is 38.5 Å². The van der Waals surface area contributed by atoms with Gasteiger partial charge in [0.25, 0.3) is 0 Å². The third kappa shape index (κ3) is 3.10. The summed E-state index contributed by atoms with van der Waals surface area (Å²) in [4.78, 5) is 16.3. The fraction of sp³-hybridized carbons (Fsp3) is 0.714. The molecule has 1 aromatic rings. The van der Waals surface area contributed by atoms with Crippen LogP contribution in [-0.4, -0.2) is 16.1 Å². The lowest BCUT2D eigenvalue weighted by Gasteiger charge is -2.26. The number of carboxylic acids is 1. The second-order valence-corrected chi connectivity index (χ2v) is 6.37. The van der Waals surface area contributed by atoms with E-state index >= 15 is 0 Å². The summed E-state index contributed by atoms with van der Waals surface area (Å²) >= 11 is 1.61. The summed E-state index contributed by atoms with van der Waals surface area (Å²) in [5.41, 5.74) is 0.912. The van der Waals surface area contributed by atoms with Crippen LogP contribution in [0, 0.1) is 12.8 Å². The van der Waals surface area contributed by atoms with Crippen LogP contribution in [0.2, 0.25) is 0 Å². The van der Waals surface area contributed by atoms with Crippen molar-refractivity contribution in [3.05, 3.63) is 15.6 Å². The van der Waals surface area contributed by atoms with Gasteiger partial charge in [0.2, 0.25) is 0 Å². The SMILES string of the molecule is CCC1CCC(c2nc(C)c(CC(=O)O)s2)CC1. The van der Waals surface area contributed by atoms with Crippen LogP contribution in [0.1, 0.15) is 60.5 Å². The van der Waals surface area contributed by atoms with Crippen LogP contribution in [0.3, 0.4) is 0 Å². The lowest BCUT2D eigenvalue weighted by molar-refractivity contribution is -0.136. The highest BCUT2D eigenvalue weighted by Gasteiger charge is 2.24. The van der Waals surface area contributed by atoms with Gasteiger partial charge in [0.1, 0.15) is 0 Å². The predicted molar refractivity (Wildman–Crippen MR) is 73.2 cm³/mol. The maximum Gasteiger partial charge on any atom is 0.308 e. The first kappa shape index (κ1) is 13.5. The van der Waals surface area contributed by atoms with Crippen molar-refractivity contribution >= 4 is 17.3 Å². The standard InChI is InChI=1S/C14H21NO2S/c1-3-10-4-6-11(7-5-10)14-15-9(2)12(18-14)8-13(16)17/h10-11H,3-8H2,1-2H3,(H,16,17). The fourth-order valence-corrected chi connectivity index (χ4v) is 3.97. The van der Waals surface area contributed by atoms with Gasteiger partial charge in [-0.2, -0.15) is 0 Å². The molecule has 0 bridgehead atoms. The van der Waals surface area contributed by atoms with Crippen molar-refractivity contribution in [2.24, 2.45) is 5.92 Å². The Morgan fingerprint density at radius 2 is 2.06 bits per heavy atom. The molecule has 1 saturated carbocycles. The van der Waals surface area contributed by atoms with E-state index in [2.05, 4.69) is 11.9 Å². The lowest BCUT2D eigenvalue weighted by atomic mass is 9.81. The quantitative estimate of drug-likeness (QED) is 0.903. The van der Waals surface area contributed by atoms with Crippen molar-refractivity contribution in [1.82, 2.24) is 4.98 Å². The number of nitrogens with zero attached hydrogens (tertiary/aromatic N) is 1. The zero-order valence-corrected chi connectivity index (χ0v) is 11.9. The van der Waals surface area contributed by atoms with Gasteiger partial charge in [0.05, 0.1) is 17.1 Å². The van der Waals surface area contributed by atoms with Gasteiger partial charge in [0.15, 0.2) is 0 Å². The van der Waals surface area contributed by atoms with Gasteiger partial charge >= 0.3 is 5.97 Å². The Bertz CT molecular complexity index is 419. The molecule has 0 amide bonds. The Morgan fingerprint density at radius 1 is 1.39 bits per heavy atom. The highest BCUT2D eigenvalue weighted by atomic mass is 32.1. The Morgan fingerprint density at radius 3 is 2.61 bits per heavy atom. The fourth-order valence-electron chi connectivity index (χ4n) is 2.74. The molecule has 0 saturated heterocycles. The molecular formula is C14H21NO2S. The van der Waals surface area contributed by atoms with Crippen molar-refractivity contribution < 1.29 is 9.90 Å². The molecule has 1 N–H and O–H groups in total. The largest absolute Gasteiger partial charge is 0.481 e. The summed E-state index contributed by atoms with van der Waals surface area (Å²) in [5, 5.41) is 10.0. The molecular weight excluding hydrogens is 246 g/mol. The Hall–Kier alpha value is -0.900. The molecule has 4 heteroatoms. The van der Waals surface area contributed by atoms with Gasteiger partial charge in [-0.1, -0.05) is 13.3 Å². The molecule has 0 radical (unpaired) electrons. The van der Waals surface area contributed by atoms with Crippen molar-refractivity contribution in [2.45, 2.75) is 58.3 Å². The molecule has 1 aliphatic rings. The Balaban J connectivity index is 2.03. The van der Waals surface area contributed by atoms with Gasteiger partial charge in [-0.3, -0.25) is 4.79 Å². The highest BCUT2D eigenvalue weighted by Crippen LogP contribution is 2.39. The number of thiazole rings is 1. The third-order valence-electron chi connectivity index (χ3n) is 3.99. The number of aryl methyl sites for hydroxylation is 1. The van der Waals surface area contributed by atoms with E-state index in [1.54, 1.807) is 11.3 Å². The molecule has 1 fully saturated rings. The second-order valence-electron chi connectivity index (χ2n) is 5.26. The van der Waals surface area contributed by atoms with Gasteiger partial charge in [-0.25, -0.2) is 4.98 Å². The molecule has 1 aromatic heterocycles. The average molecular weight is 267 g/mol. The van der Waals surface area contributed by atoms with Crippen molar-refractivity contribution in [2.75, 3.05) is 0 Å². The summed E-state index contributed by atoms with van der Waals surface area (Å²) in [7, 11) is 0. The summed E-state index contributed by atoms with van der Waals surface area (Å²) in [6.07, 6.45) is 6.44. The molecule has 0 aromatic carbocycles. The number of carboxylic acid groups (broad SMARTS) is 1. The molecule has 0 aliphatic heterocycles. The lowest BCUT2D eigenvalue weighted by Crippen LogP contribution is -2.12. The van der Waals surface area contributed by atoms with E-state index in [4.69, 9.17) is 5.11 Å². The summed E-state index contributed by atoms with van der Waals surface area (Å²) in [6.45, 7) is 4.19. The number of aliphatic carboxylic acids is 1. The van der Waals surface area contributed by atoms with E-state index in [9.17, 15) is 4.79 Å². The van der Waals surface area contributed by atoms with Crippen molar-refractivity contribution in [3.8, 4) is 0 Å². The molecule has 0 unspecified atom stereocenters. The number of aromatic nitrogens is 1. The molecule has 0 spiro atoms. The molecule has 18 heavy (non-hydrogen) atoms. The van der Waals surface area contributed by atoms with E-state index < -0.39 is 5.97 Å². The van der Waals surface area contributed by atoms with Gasteiger partial charge < -0.3 is 5.11 Å². The Labute approximate surface area is 112 Å². The van der Waals surface area contributed by atoms with Crippen LogP contribution in [-0.2, 0) is 11.2 Å². The van der Waals surface area contributed by atoms with Gasteiger partial charge in [-0.15, -0.1) is 11.3 Å². The van der Waals surface area contributed by atoms with Crippen LogP contribution in [0.5, 0.6) is 0 Å². The first-order valence-electron chi connectivity index (χ1n) is 6.78. The molecule has 0 atom stereocenters. The van der Waals surface area contributed by atoms with Gasteiger partial charge in [0, 0.05) is 10.8 Å². The van der Waals surface area contributed by atoms with Crippen LogP contribution >= 0.6 is 11.3 Å². The molecule has 1 heterocycles. The minimum absolute atomic E-state index is 0.119. The molecule has 2 rings (SSSR count). The highest BCUT2D eigenvalue weighted by molar-refractivity contribution is 7.11. The molecule has 100 valence electrons. The smallest absolute Gasteiger partial charge is 0.308 e. The zero-order valence-electron chi connectivity index (χ0n) is 11.1. The average Bonchev–Trinajstić information content (AvgIpc) is 2.70. The molecule has 1 aliphatic carbocycles. The van der Waals surface area contributed by atoms with Crippen molar-refractivity contribution in [1.29, 1.82) is 0 Å². The van der Waals surface area contributed by atoms with E-state index in [1.807, 2.05) is 6.92 Å². The second kappa shape index (κ2) is 5.83. The maximum atomic E-state index is 10.8. The first-order valence-corrected chi connectivity index (χ1v) is 7.59. The summed E-state index contributed by atoms with van der Waals surface area (Å²) < 4.78 is 0. The topological polar surface area (TPSA) is 50.2 Å². The monoisotopic (exact) mass is 267 g/mol. The number of rotatable bonds is 4. The summed E-state index contributed by atoms with van der Waals surface area (Å²) in [5.74, 6) is 0.697. The first-order chi connectivity index (χ1) is 8.60. The van der Waals surface area contributed by atoms with E-state index in [0.717, 1.165) is 16.5 Å². The number of hydrogen-bond acceptors (Lipinski definition) is 3. The minimum atomic E-state index is -0.761. The van der Waals surface area contributed by atoms with Crippen LogP contribution in [0.15, 0.2) is 0 Å². The third-order valence-corrected chi connectivity index (χ3v) is 5.31.